The maximum absolute atomic E-state index is 12.3. The van der Waals surface area contributed by atoms with Crippen LogP contribution in [0.25, 0.3) is 0 Å². The van der Waals surface area contributed by atoms with Gasteiger partial charge in [-0.1, -0.05) is 0 Å². The number of nitrogens with zero attached hydrogens (tertiary/aromatic N) is 3. The minimum absolute atomic E-state index is 0.230. The number of alkyl halides is 3. The van der Waals surface area contributed by atoms with Crippen molar-refractivity contribution in [1.82, 2.24) is 14.9 Å². The fraction of sp³-hybridized carbons (Fsp3) is 0.692. The molecule has 0 spiro atoms. The van der Waals surface area contributed by atoms with Crippen molar-refractivity contribution < 1.29 is 13.2 Å². The standard InChI is InChI=1S/C13H19F3N4/c1-9-5-12(19-10(2)18-9)17-6-11-3-4-20(7-11)8-13(14,15)16/h5,11H,3-4,6-8H2,1-2H3,(H,17,18,19). The van der Waals surface area contributed by atoms with E-state index in [0.29, 0.717) is 25.5 Å². The summed E-state index contributed by atoms with van der Waals surface area (Å²) < 4.78 is 36.9. The number of anilines is 1. The molecule has 0 aromatic carbocycles. The maximum Gasteiger partial charge on any atom is 0.401 e. The van der Waals surface area contributed by atoms with E-state index in [2.05, 4.69) is 15.3 Å². The first-order valence-corrected chi connectivity index (χ1v) is 6.67. The zero-order chi connectivity index (χ0) is 14.8. The number of halogens is 3. The minimum Gasteiger partial charge on any atom is -0.370 e. The lowest BCUT2D eigenvalue weighted by molar-refractivity contribution is -0.143. The molecule has 1 unspecified atom stereocenters. The lowest BCUT2D eigenvalue weighted by Crippen LogP contribution is -2.33. The first-order valence-electron chi connectivity index (χ1n) is 6.67. The monoisotopic (exact) mass is 288 g/mol. The predicted octanol–water partition coefficient (Wildman–Crippen LogP) is 2.39. The summed E-state index contributed by atoms with van der Waals surface area (Å²) in [7, 11) is 0. The molecule has 1 fully saturated rings. The van der Waals surface area contributed by atoms with Crippen LogP contribution in [0.15, 0.2) is 6.07 Å². The topological polar surface area (TPSA) is 41.0 Å². The summed E-state index contributed by atoms with van der Waals surface area (Å²) in [4.78, 5) is 9.90. The SMILES string of the molecule is Cc1cc(NCC2CCN(CC(F)(F)F)C2)nc(C)n1. The zero-order valence-corrected chi connectivity index (χ0v) is 11.7. The molecule has 0 radical (unpaired) electrons. The largest absolute Gasteiger partial charge is 0.401 e. The lowest BCUT2D eigenvalue weighted by atomic mass is 10.1. The second-order valence-corrected chi connectivity index (χ2v) is 5.33. The van der Waals surface area contributed by atoms with Gasteiger partial charge in [0.15, 0.2) is 0 Å². The van der Waals surface area contributed by atoms with Crippen LogP contribution >= 0.6 is 0 Å². The molecular formula is C13H19F3N4. The highest BCUT2D eigenvalue weighted by molar-refractivity contribution is 5.35. The molecule has 0 aliphatic carbocycles. The van der Waals surface area contributed by atoms with Crippen LogP contribution in [-0.2, 0) is 0 Å². The van der Waals surface area contributed by atoms with Crippen LogP contribution in [0, 0.1) is 19.8 Å². The summed E-state index contributed by atoms with van der Waals surface area (Å²) in [6.07, 6.45) is -3.32. The Hall–Kier alpha value is -1.37. The molecule has 0 bridgehead atoms. The summed E-state index contributed by atoms with van der Waals surface area (Å²) in [5.74, 6) is 1.66. The van der Waals surface area contributed by atoms with E-state index in [1.165, 1.54) is 4.90 Å². The molecule has 112 valence electrons. The van der Waals surface area contributed by atoms with Crippen molar-refractivity contribution >= 4 is 5.82 Å². The van der Waals surface area contributed by atoms with E-state index >= 15 is 0 Å². The molecule has 1 saturated heterocycles. The van der Waals surface area contributed by atoms with Gasteiger partial charge >= 0.3 is 6.18 Å². The number of likely N-dealkylation sites (tertiary alicyclic amines) is 1. The summed E-state index contributed by atoms with van der Waals surface area (Å²) in [6, 6.07) is 1.84. The van der Waals surface area contributed by atoms with Crippen LogP contribution < -0.4 is 5.32 Å². The predicted molar refractivity (Wildman–Crippen MR) is 70.6 cm³/mol. The average molecular weight is 288 g/mol. The molecule has 20 heavy (non-hydrogen) atoms. The van der Waals surface area contributed by atoms with E-state index in [9.17, 15) is 13.2 Å². The quantitative estimate of drug-likeness (QED) is 0.923. The van der Waals surface area contributed by atoms with E-state index in [4.69, 9.17) is 0 Å². The Labute approximate surface area is 116 Å². The zero-order valence-electron chi connectivity index (χ0n) is 11.7. The molecule has 2 heterocycles. The Bertz CT molecular complexity index is 441. The summed E-state index contributed by atoms with van der Waals surface area (Å²) in [6.45, 7) is 4.53. The van der Waals surface area contributed by atoms with Gasteiger partial charge in [0.2, 0.25) is 0 Å². The first kappa shape index (κ1) is 15.0. The van der Waals surface area contributed by atoms with Crippen molar-refractivity contribution in [3.05, 3.63) is 17.6 Å². The molecule has 1 aliphatic heterocycles. The first-order chi connectivity index (χ1) is 9.32. The van der Waals surface area contributed by atoms with Gasteiger partial charge in [0.25, 0.3) is 0 Å². The van der Waals surface area contributed by atoms with Crippen molar-refractivity contribution in [3.63, 3.8) is 0 Å². The van der Waals surface area contributed by atoms with Gasteiger partial charge in [-0.25, -0.2) is 9.97 Å². The van der Waals surface area contributed by atoms with Gasteiger partial charge in [-0.3, -0.25) is 4.90 Å². The van der Waals surface area contributed by atoms with Crippen LogP contribution in [0.5, 0.6) is 0 Å². The van der Waals surface area contributed by atoms with E-state index in [0.717, 1.165) is 17.9 Å². The fourth-order valence-electron chi connectivity index (χ4n) is 2.53. The highest BCUT2D eigenvalue weighted by atomic mass is 19.4. The average Bonchev–Trinajstić information content (AvgIpc) is 2.70. The summed E-state index contributed by atoms with van der Waals surface area (Å²) in [5.41, 5.74) is 0.880. The van der Waals surface area contributed by atoms with Crippen molar-refractivity contribution in [1.29, 1.82) is 0 Å². The van der Waals surface area contributed by atoms with Crippen LogP contribution in [0.2, 0.25) is 0 Å². The number of aryl methyl sites for hydroxylation is 2. The Morgan fingerprint density at radius 1 is 1.35 bits per heavy atom. The van der Waals surface area contributed by atoms with Gasteiger partial charge in [-0.15, -0.1) is 0 Å². The Morgan fingerprint density at radius 3 is 2.75 bits per heavy atom. The molecule has 4 nitrogen and oxygen atoms in total. The van der Waals surface area contributed by atoms with E-state index in [1.807, 2.05) is 19.9 Å². The Morgan fingerprint density at radius 2 is 2.10 bits per heavy atom. The fourth-order valence-corrected chi connectivity index (χ4v) is 2.53. The maximum atomic E-state index is 12.3. The molecule has 1 aliphatic rings. The number of aromatic nitrogens is 2. The Balaban J connectivity index is 1.81. The Kier molecular flexibility index (Phi) is 4.47. The van der Waals surface area contributed by atoms with Gasteiger partial charge < -0.3 is 5.32 Å². The van der Waals surface area contributed by atoms with Gasteiger partial charge in [0.1, 0.15) is 11.6 Å². The number of hydrogen-bond donors (Lipinski definition) is 1. The van der Waals surface area contributed by atoms with Crippen molar-refractivity contribution in [2.24, 2.45) is 5.92 Å². The summed E-state index contributed by atoms with van der Waals surface area (Å²) in [5, 5.41) is 3.19. The highest BCUT2D eigenvalue weighted by Gasteiger charge is 2.34. The van der Waals surface area contributed by atoms with Crippen LogP contribution in [0.1, 0.15) is 17.9 Å². The molecule has 1 N–H and O–H groups in total. The third-order valence-electron chi connectivity index (χ3n) is 3.31. The van der Waals surface area contributed by atoms with Crippen molar-refractivity contribution in [3.8, 4) is 0 Å². The highest BCUT2D eigenvalue weighted by Crippen LogP contribution is 2.23. The second kappa shape index (κ2) is 5.95. The molecule has 7 heteroatoms. The number of hydrogen-bond acceptors (Lipinski definition) is 4. The third kappa shape index (κ3) is 4.63. The molecule has 1 aromatic heterocycles. The second-order valence-electron chi connectivity index (χ2n) is 5.33. The lowest BCUT2D eigenvalue weighted by Gasteiger charge is -2.18. The molecule has 1 atom stereocenters. The van der Waals surface area contributed by atoms with Crippen LogP contribution in [0.4, 0.5) is 19.0 Å². The van der Waals surface area contributed by atoms with Crippen LogP contribution in [-0.4, -0.2) is 47.2 Å². The molecule has 0 saturated carbocycles. The smallest absolute Gasteiger partial charge is 0.370 e. The van der Waals surface area contributed by atoms with E-state index in [1.54, 1.807) is 0 Å². The van der Waals surface area contributed by atoms with Crippen LogP contribution in [0.3, 0.4) is 0 Å². The van der Waals surface area contributed by atoms with Gasteiger partial charge in [0.05, 0.1) is 6.54 Å². The third-order valence-corrected chi connectivity index (χ3v) is 3.31. The normalized spacial score (nSPS) is 20.4. The number of nitrogens with one attached hydrogen (secondary N) is 1. The van der Waals surface area contributed by atoms with E-state index < -0.39 is 12.7 Å². The van der Waals surface area contributed by atoms with Gasteiger partial charge in [-0.2, -0.15) is 13.2 Å². The summed E-state index contributed by atoms with van der Waals surface area (Å²) >= 11 is 0. The molecular weight excluding hydrogens is 269 g/mol. The molecule has 0 amide bonds. The van der Waals surface area contributed by atoms with Crippen molar-refractivity contribution in [2.45, 2.75) is 26.4 Å². The number of rotatable bonds is 4. The van der Waals surface area contributed by atoms with Gasteiger partial charge in [0, 0.05) is 24.8 Å². The minimum atomic E-state index is -4.11. The van der Waals surface area contributed by atoms with Gasteiger partial charge in [-0.05, 0) is 32.7 Å². The molecule has 1 aromatic rings. The molecule has 2 rings (SSSR count). The van der Waals surface area contributed by atoms with E-state index in [-0.39, 0.29) is 5.92 Å². The van der Waals surface area contributed by atoms with Crippen molar-refractivity contribution in [2.75, 3.05) is 31.5 Å².